The van der Waals surface area contributed by atoms with E-state index in [1.807, 2.05) is 0 Å². The Labute approximate surface area is 298 Å². The minimum Gasteiger partial charge on any atom is -0.463 e. The molecule has 0 unspecified atom stereocenters. The molecule has 18 nitrogen and oxygen atoms in total. The molecule has 2 N–H and O–H groups in total. The predicted molar refractivity (Wildman–Crippen MR) is 172 cm³/mol. The summed E-state index contributed by atoms with van der Waals surface area (Å²) in [5.41, 5.74) is 5.24. The van der Waals surface area contributed by atoms with Crippen molar-refractivity contribution < 1.29 is 80.0 Å². The molecule has 0 saturated carbocycles. The SMILES string of the molecule is CC(=O)OC[C@H]1[CH][C@H](OC(N)=O)[CH][C@@H](O[C@@H]2[C@@H](OP(=O)(Oc3ccccc3)Oc3ccccc3)O[C@@H](COC(C)=O)[C@@H](OC(C)=O)[C@@H]2OC(C)=O)O1. The summed E-state index contributed by atoms with van der Waals surface area (Å²) in [7, 11) is -4.82. The van der Waals surface area contributed by atoms with Gasteiger partial charge in [-0.05, 0) is 24.3 Å². The van der Waals surface area contributed by atoms with Crippen molar-refractivity contribution in [3.63, 3.8) is 0 Å². The van der Waals surface area contributed by atoms with Crippen molar-refractivity contribution in [3.8, 4) is 11.5 Å². The molecule has 2 saturated heterocycles. The number of esters is 4. The molecular weight excluding hydrogens is 713 g/mol. The number of carbonyl (C=O) groups is 5. The molecule has 0 aromatic heterocycles. The number of primary amides is 1. The van der Waals surface area contributed by atoms with Crippen LogP contribution in [0.1, 0.15) is 27.7 Å². The zero-order valence-electron chi connectivity index (χ0n) is 28.4. The van der Waals surface area contributed by atoms with E-state index >= 15 is 0 Å². The van der Waals surface area contributed by atoms with Crippen molar-refractivity contribution in [2.75, 3.05) is 13.2 Å². The van der Waals surface area contributed by atoms with Gasteiger partial charge in [0.15, 0.2) is 24.6 Å². The second kappa shape index (κ2) is 18.7. The zero-order valence-corrected chi connectivity index (χ0v) is 29.3. The van der Waals surface area contributed by atoms with Gasteiger partial charge in [-0.1, -0.05) is 36.4 Å². The number of hydrogen-bond donors (Lipinski definition) is 1. The fraction of sp³-hybridized carbons (Fsp3) is 0.424. The highest BCUT2D eigenvalue weighted by atomic mass is 31.2. The molecule has 4 rings (SSSR count). The fourth-order valence-corrected chi connectivity index (χ4v) is 6.25. The van der Waals surface area contributed by atoms with Gasteiger partial charge in [0.1, 0.15) is 43.0 Å². The largest absolute Gasteiger partial charge is 0.590 e. The number of hydrogen-bond acceptors (Lipinski definition) is 17. The lowest BCUT2D eigenvalue weighted by Crippen LogP contribution is -2.63. The summed E-state index contributed by atoms with van der Waals surface area (Å²) < 4.78 is 76.7. The lowest BCUT2D eigenvalue weighted by Gasteiger charge is -2.46. The molecule has 19 heteroatoms. The average molecular weight is 752 g/mol. The van der Waals surface area contributed by atoms with Gasteiger partial charge in [-0.15, -0.1) is 0 Å². The van der Waals surface area contributed by atoms with Crippen molar-refractivity contribution in [3.05, 3.63) is 73.5 Å². The van der Waals surface area contributed by atoms with Gasteiger partial charge in [-0.3, -0.25) is 19.2 Å². The van der Waals surface area contributed by atoms with E-state index in [-0.39, 0.29) is 18.1 Å². The van der Waals surface area contributed by atoms with Crippen LogP contribution in [-0.2, 0) is 66.2 Å². The molecule has 2 aromatic rings. The van der Waals surface area contributed by atoms with Crippen LogP contribution in [0.4, 0.5) is 4.79 Å². The maximum atomic E-state index is 14.5. The van der Waals surface area contributed by atoms with Gasteiger partial charge in [0, 0.05) is 34.1 Å². The second-order valence-electron chi connectivity index (χ2n) is 11.1. The van der Waals surface area contributed by atoms with E-state index in [1.54, 1.807) is 36.4 Å². The summed E-state index contributed by atoms with van der Waals surface area (Å²) in [5.74, 6) is -3.02. The number of benzene rings is 2. The highest BCUT2D eigenvalue weighted by molar-refractivity contribution is 7.49. The smallest absolute Gasteiger partial charge is 0.463 e. The lowest BCUT2D eigenvalue weighted by atomic mass is 9.98. The molecule has 2 aromatic carbocycles. The molecule has 2 radical (unpaired) electrons. The van der Waals surface area contributed by atoms with E-state index in [1.165, 1.54) is 44.0 Å². The monoisotopic (exact) mass is 751 g/mol. The van der Waals surface area contributed by atoms with Crippen LogP contribution in [0.2, 0.25) is 0 Å². The molecule has 2 aliphatic rings. The number of amides is 1. The van der Waals surface area contributed by atoms with Gasteiger partial charge in [-0.25, -0.2) is 13.9 Å². The quantitative estimate of drug-likeness (QED) is 0.157. The van der Waals surface area contributed by atoms with E-state index in [0.29, 0.717) is 0 Å². The maximum Gasteiger partial charge on any atom is 0.590 e. The van der Waals surface area contributed by atoms with Gasteiger partial charge in [0.25, 0.3) is 0 Å². The Morgan fingerprint density at radius 2 is 1.21 bits per heavy atom. The Morgan fingerprint density at radius 3 is 1.73 bits per heavy atom. The number of nitrogens with two attached hydrogens (primary N) is 1. The first-order valence-corrected chi connectivity index (χ1v) is 17.2. The van der Waals surface area contributed by atoms with Gasteiger partial charge < -0.3 is 52.7 Å². The summed E-state index contributed by atoms with van der Waals surface area (Å²) in [6.07, 6.45) is -10.5. The first-order chi connectivity index (χ1) is 24.7. The summed E-state index contributed by atoms with van der Waals surface area (Å²) >= 11 is 0. The first-order valence-electron chi connectivity index (χ1n) is 15.7. The van der Waals surface area contributed by atoms with Gasteiger partial charge in [0.2, 0.25) is 6.29 Å². The Hall–Kier alpha value is -4.74. The third kappa shape index (κ3) is 12.5. The third-order valence-electron chi connectivity index (χ3n) is 6.85. The Morgan fingerprint density at radius 1 is 0.673 bits per heavy atom. The molecule has 282 valence electrons. The van der Waals surface area contributed by atoms with Gasteiger partial charge in [0.05, 0.1) is 6.42 Å². The van der Waals surface area contributed by atoms with Crippen LogP contribution < -0.4 is 14.8 Å². The van der Waals surface area contributed by atoms with Crippen molar-refractivity contribution in [2.45, 2.75) is 76.9 Å². The van der Waals surface area contributed by atoms with Gasteiger partial charge in [-0.2, -0.15) is 0 Å². The van der Waals surface area contributed by atoms with E-state index < -0.39 is 93.6 Å². The van der Waals surface area contributed by atoms with Crippen LogP contribution in [0, 0.1) is 12.8 Å². The average Bonchev–Trinajstić information content (AvgIpc) is 3.05. The fourth-order valence-electron chi connectivity index (χ4n) is 4.94. The van der Waals surface area contributed by atoms with Crippen molar-refractivity contribution in [1.82, 2.24) is 0 Å². The number of rotatable bonds is 15. The van der Waals surface area contributed by atoms with Crippen LogP contribution in [0.25, 0.3) is 0 Å². The van der Waals surface area contributed by atoms with E-state index in [2.05, 4.69) is 0 Å². The molecule has 0 aliphatic carbocycles. The summed E-state index contributed by atoms with van der Waals surface area (Å²) in [4.78, 5) is 59.9. The maximum absolute atomic E-state index is 14.5. The summed E-state index contributed by atoms with van der Waals surface area (Å²) in [5, 5.41) is 0. The third-order valence-corrected chi connectivity index (χ3v) is 8.19. The molecule has 1 amide bonds. The summed E-state index contributed by atoms with van der Waals surface area (Å²) in [6.45, 7) is 3.50. The van der Waals surface area contributed by atoms with Crippen LogP contribution in [0.3, 0.4) is 0 Å². The van der Waals surface area contributed by atoms with E-state index in [0.717, 1.165) is 20.8 Å². The highest BCUT2D eigenvalue weighted by Crippen LogP contribution is 2.52. The normalized spacial score (nSPS) is 25.8. The van der Waals surface area contributed by atoms with Crippen molar-refractivity contribution in [2.24, 2.45) is 5.73 Å². The Bertz CT molecular complexity index is 1530. The minimum atomic E-state index is -4.82. The molecule has 2 aliphatic heterocycles. The molecule has 0 bridgehead atoms. The summed E-state index contributed by atoms with van der Waals surface area (Å²) in [6, 6.07) is 15.7. The number of para-hydroxylation sites is 2. The number of carbonyl (C=O) groups excluding carboxylic acids is 5. The first kappa shape index (κ1) is 40.0. The lowest BCUT2D eigenvalue weighted by molar-refractivity contribution is -0.323. The van der Waals surface area contributed by atoms with Crippen molar-refractivity contribution >= 4 is 37.8 Å². The van der Waals surface area contributed by atoms with Crippen LogP contribution in [0.5, 0.6) is 11.5 Å². The zero-order chi connectivity index (χ0) is 37.8. The van der Waals surface area contributed by atoms with E-state index in [4.69, 9.17) is 57.2 Å². The Kier molecular flexibility index (Phi) is 14.4. The van der Waals surface area contributed by atoms with Crippen molar-refractivity contribution in [1.29, 1.82) is 0 Å². The molecule has 8 atom stereocenters. The van der Waals surface area contributed by atoms with E-state index in [9.17, 15) is 28.5 Å². The minimum absolute atomic E-state index is 0.0556. The number of phosphoric acid groups is 1. The second-order valence-corrected chi connectivity index (χ2v) is 12.6. The molecule has 2 heterocycles. The van der Waals surface area contributed by atoms with Crippen LogP contribution in [0.15, 0.2) is 60.7 Å². The van der Waals surface area contributed by atoms with Gasteiger partial charge >= 0.3 is 37.8 Å². The standard InChI is InChI=1S/C33H38NO17P/c1-19(35)41-17-26-15-25(46-33(34)39)16-28(45-26)48-31-30(44-22(4)38)29(43-21(3)37)27(18-42-20(2)36)47-32(31)51-52(40,49-23-11-7-5-8-12-23)50-24-13-9-6-10-14-24/h5-16,25-32H,17-18H2,1-4H3,(H2,34,39)/t25-,26+,27-,28+,29+,30-,31-,32+/m0/s1. The molecule has 52 heavy (non-hydrogen) atoms. The van der Waals surface area contributed by atoms with Crippen LogP contribution >= 0.6 is 7.82 Å². The number of ether oxygens (including phenoxy) is 8. The Balaban J connectivity index is 1.78. The molecular formula is C33H38NO17P. The predicted octanol–water partition coefficient (Wildman–Crippen LogP) is 2.97. The topological polar surface area (TPSA) is 230 Å². The number of phosphoric ester groups is 1. The molecule has 0 spiro atoms. The van der Waals surface area contributed by atoms with Crippen LogP contribution in [-0.4, -0.2) is 92.4 Å². The molecule has 2 fully saturated rings. The highest BCUT2D eigenvalue weighted by Gasteiger charge is 2.55.